The Morgan fingerprint density at radius 3 is 2.25 bits per heavy atom. The third-order valence-electron chi connectivity index (χ3n) is 2.20. The first-order valence-electron chi connectivity index (χ1n) is 4.69. The van der Waals surface area contributed by atoms with Gasteiger partial charge in [0.25, 0.3) is 0 Å². The molecule has 0 aliphatic carbocycles. The van der Waals surface area contributed by atoms with E-state index in [1.54, 1.807) is 0 Å². The fourth-order valence-corrected chi connectivity index (χ4v) is 1.25. The topological polar surface area (TPSA) is 15.3 Å². The van der Waals surface area contributed by atoms with Crippen LogP contribution in [0.15, 0.2) is 12.3 Å². The van der Waals surface area contributed by atoms with Crippen LogP contribution in [0.1, 0.15) is 27.7 Å². The van der Waals surface area contributed by atoms with Crippen molar-refractivity contribution in [1.82, 2.24) is 10.2 Å². The maximum absolute atomic E-state index is 4.01. The van der Waals surface area contributed by atoms with Crippen molar-refractivity contribution in [2.24, 2.45) is 0 Å². The van der Waals surface area contributed by atoms with Gasteiger partial charge < -0.3 is 10.2 Å². The predicted molar refractivity (Wildman–Crippen MR) is 55.2 cm³/mol. The largest absolute Gasteiger partial charge is 0.376 e. The maximum atomic E-state index is 4.01. The number of hydrogen-bond donors (Lipinski definition) is 1. The van der Waals surface area contributed by atoms with Gasteiger partial charge in [0, 0.05) is 25.8 Å². The Labute approximate surface area is 76.6 Å². The molecule has 72 valence electrons. The summed E-state index contributed by atoms with van der Waals surface area (Å²) in [5.41, 5.74) is 1.27. The molecule has 0 bridgehead atoms. The molecule has 2 nitrogen and oxygen atoms in total. The van der Waals surface area contributed by atoms with Crippen molar-refractivity contribution in [1.29, 1.82) is 0 Å². The highest BCUT2D eigenvalue weighted by atomic mass is 15.2. The van der Waals surface area contributed by atoms with Crippen LogP contribution in [-0.2, 0) is 0 Å². The quantitative estimate of drug-likeness (QED) is 0.597. The number of likely N-dealkylation sites (N-methyl/N-ethyl adjacent to an activating group) is 1. The van der Waals surface area contributed by atoms with Gasteiger partial charge in [0.2, 0.25) is 0 Å². The fraction of sp³-hybridized carbons (Fsp3) is 0.800. The molecule has 2 heteroatoms. The van der Waals surface area contributed by atoms with Crippen LogP contribution in [0.3, 0.4) is 0 Å². The van der Waals surface area contributed by atoms with E-state index in [4.69, 9.17) is 0 Å². The van der Waals surface area contributed by atoms with E-state index in [-0.39, 0.29) is 5.54 Å². The Morgan fingerprint density at radius 2 is 1.92 bits per heavy atom. The molecule has 1 saturated heterocycles. The second-order valence-corrected chi connectivity index (χ2v) is 3.42. The van der Waals surface area contributed by atoms with Crippen LogP contribution in [-0.4, -0.2) is 30.6 Å². The minimum absolute atomic E-state index is 0.0903. The summed E-state index contributed by atoms with van der Waals surface area (Å²) in [6.07, 6.45) is 0. The summed E-state index contributed by atoms with van der Waals surface area (Å²) in [6.45, 7) is 14.5. The maximum Gasteiger partial charge on any atom is 0.0522 e. The van der Waals surface area contributed by atoms with Crippen LogP contribution in [0.5, 0.6) is 0 Å². The summed E-state index contributed by atoms with van der Waals surface area (Å²) in [5.74, 6) is 0. The van der Waals surface area contributed by atoms with E-state index in [2.05, 4.69) is 37.7 Å². The van der Waals surface area contributed by atoms with E-state index in [1.165, 1.54) is 5.70 Å². The Kier molecular flexibility index (Phi) is 4.32. The zero-order chi connectivity index (χ0) is 9.78. The molecule has 0 unspecified atom stereocenters. The van der Waals surface area contributed by atoms with Crippen molar-refractivity contribution in [2.75, 3.05) is 20.1 Å². The fourth-order valence-electron chi connectivity index (χ4n) is 1.25. The van der Waals surface area contributed by atoms with Gasteiger partial charge in [-0.1, -0.05) is 20.4 Å². The van der Waals surface area contributed by atoms with E-state index in [0.29, 0.717) is 0 Å². The third-order valence-corrected chi connectivity index (χ3v) is 2.20. The van der Waals surface area contributed by atoms with Crippen LogP contribution >= 0.6 is 0 Å². The number of nitrogens with zero attached hydrogens (tertiary/aromatic N) is 1. The zero-order valence-corrected chi connectivity index (χ0v) is 9.07. The van der Waals surface area contributed by atoms with Gasteiger partial charge >= 0.3 is 0 Å². The van der Waals surface area contributed by atoms with Gasteiger partial charge in [-0.05, 0) is 13.8 Å². The highest BCUT2D eigenvalue weighted by molar-refractivity contribution is 5.13. The van der Waals surface area contributed by atoms with E-state index in [1.807, 2.05) is 13.8 Å². The van der Waals surface area contributed by atoms with Crippen molar-refractivity contribution in [3.05, 3.63) is 12.3 Å². The standard InChI is InChI=1S/C8H16N2.C2H6/c1-7-8(2,3)9-5-6-10(7)4;1-2/h9H,1,5-6H2,2-4H3;1-2H3. The van der Waals surface area contributed by atoms with Crippen LogP contribution in [0.2, 0.25) is 0 Å². The molecule has 0 amide bonds. The summed E-state index contributed by atoms with van der Waals surface area (Å²) in [6, 6.07) is 0. The molecular weight excluding hydrogens is 148 g/mol. The van der Waals surface area contributed by atoms with Gasteiger partial charge in [-0.2, -0.15) is 0 Å². The summed E-state index contributed by atoms with van der Waals surface area (Å²) >= 11 is 0. The lowest BCUT2D eigenvalue weighted by atomic mass is 9.98. The first kappa shape index (κ1) is 11.5. The first-order chi connectivity index (χ1) is 5.54. The van der Waals surface area contributed by atoms with Gasteiger partial charge in [-0.25, -0.2) is 0 Å². The number of nitrogens with one attached hydrogen (secondary N) is 1. The molecule has 1 fully saturated rings. The van der Waals surface area contributed by atoms with Crippen molar-refractivity contribution < 1.29 is 0 Å². The summed E-state index contributed by atoms with van der Waals surface area (Å²) in [4.78, 5) is 2.20. The summed E-state index contributed by atoms with van der Waals surface area (Å²) < 4.78 is 0. The Balaban J connectivity index is 0.000000561. The number of rotatable bonds is 0. The van der Waals surface area contributed by atoms with Crippen molar-refractivity contribution in [3.63, 3.8) is 0 Å². The summed E-state index contributed by atoms with van der Waals surface area (Å²) in [7, 11) is 2.09. The van der Waals surface area contributed by atoms with E-state index < -0.39 is 0 Å². The third kappa shape index (κ3) is 2.52. The minimum Gasteiger partial charge on any atom is -0.376 e. The van der Waals surface area contributed by atoms with Gasteiger partial charge in [-0.3, -0.25) is 0 Å². The molecule has 0 aromatic carbocycles. The van der Waals surface area contributed by atoms with E-state index in [9.17, 15) is 0 Å². The predicted octanol–water partition coefficient (Wildman–Crippen LogP) is 1.84. The summed E-state index contributed by atoms with van der Waals surface area (Å²) in [5, 5.41) is 3.40. The highest BCUT2D eigenvalue weighted by Crippen LogP contribution is 2.19. The van der Waals surface area contributed by atoms with Gasteiger partial charge in [0.15, 0.2) is 0 Å². The van der Waals surface area contributed by atoms with Crippen molar-refractivity contribution in [2.45, 2.75) is 33.2 Å². The normalized spacial score (nSPS) is 21.4. The first-order valence-corrected chi connectivity index (χ1v) is 4.69. The Bertz CT molecular complexity index is 150. The molecule has 0 radical (unpaired) electrons. The van der Waals surface area contributed by atoms with Gasteiger partial charge in [0.1, 0.15) is 0 Å². The van der Waals surface area contributed by atoms with Crippen LogP contribution < -0.4 is 5.32 Å². The highest BCUT2D eigenvalue weighted by Gasteiger charge is 2.27. The molecule has 12 heavy (non-hydrogen) atoms. The SMILES string of the molecule is C=C1N(C)CCNC1(C)C.CC. The van der Waals surface area contributed by atoms with Crippen LogP contribution in [0.4, 0.5) is 0 Å². The Hall–Kier alpha value is -0.500. The molecule has 1 aliphatic rings. The molecular formula is C10H22N2. The molecule has 0 aromatic heterocycles. The average Bonchev–Trinajstić information content (AvgIpc) is 2.04. The van der Waals surface area contributed by atoms with Crippen molar-refractivity contribution >= 4 is 0 Å². The second kappa shape index (κ2) is 4.51. The Morgan fingerprint density at radius 1 is 1.42 bits per heavy atom. The van der Waals surface area contributed by atoms with E-state index in [0.717, 1.165) is 13.1 Å². The molecule has 0 atom stereocenters. The lowest BCUT2D eigenvalue weighted by Gasteiger charge is -2.40. The van der Waals surface area contributed by atoms with Gasteiger partial charge in [-0.15, -0.1) is 0 Å². The number of hydrogen-bond acceptors (Lipinski definition) is 2. The van der Waals surface area contributed by atoms with Gasteiger partial charge in [0.05, 0.1) is 5.54 Å². The average molecular weight is 170 g/mol. The monoisotopic (exact) mass is 170 g/mol. The molecule has 0 saturated carbocycles. The molecule has 1 heterocycles. The zero-order valence-electron chi connectivity index (χ0n) is 9.07. The number of piperazine rings is 1. The van der Waals surface area contributed by atoms with Crippen LogP contribution in [0, 0.1) is 0 Å². The molecule has 0 aromatic rings. The lowest BCUT2D eigenvalue weighted by molar-refractivity contribution is 0.256. The molecule has 1 N–H and O–H groups in total. The van der Waals surface area contributed by atoms with Crippen LogP contribution in [0.25, 0.3) is 0 Å². The smallest absolute Gasteiger partial charge is 0.0522 e. The van der Waals surface area contributed by atoms with E-state index >= 15 is 0 Å². The second-order valence-electron chi connectivity index (χ2n) is 3.42. The molecule has 0 spiro atoms. The molecule has 1 aliphatic heterocycles. The minimum atomic E-state index is 0.0903. The lowest BCUT2D eigenvalue weighted by Crippen LogP contribution is -2.53. The molecule has 1 rings (SSSR count). The van der Waals surface area contributed by atoms with Crippen molar-refractivity contribution in [3.8, 4) is 0 Å².